The van der Waals surface area contributed by atoms with Crippen molar-refractivity contribution in [1.29, 1.82) is 0 Å². The van der Waals surface area contributed by atoms with Crippen molar-refractivity contribution in [2.45, 2.75) is 40.0 Å². The highest BCUT2D eigenvalue weighted by atomic mass is 16.1. The molecular formula is C13H20O. The van der Waals surface area contributed by atoms with Crippen LogP contribution in [0.4, 0.5) is 0 Å². The minimum atomic E-state index is -0.228. The molecule has 0 aromatic carbocycles. The Bertz CT molecular complexity index is 273. The van der Waals surface area contributed by atoms with E-state index in [0.29, 0.717) is 0 Å². The summed E-state index contributed by atoms with van der Waals surface area (Å²) in [6.45, 7) is 10.2. The molecule has 0 aliphatic heterocycles. The van der Waals surface area contributed by atoms with Gasteiger partial charge in [0.15, 0.2) is 0 Å². The van der Waals surface area contributed by atoms with Crippen molar-refractivity contribution in [3.8, 4) is 0 Å². The van der Waals surface area contributed by atoms with E-state index in [-0.39, 0.29) is 10.8 Å². The maximum atomic E-state index is 11.3. The standard InChI is InChI=1S/C13H20O/c1-5-12(3,4)13(10-14)8-6-11(2)7-9-13/h5-6,10H,1,7-9H2,2-4H3/t13-/m1/s1. The van der Waals surface area contributed by atoms with Crippen LogP contribution in [0.3, 0.4) is 0 Å². The van der Waals surface area contributed by atoms with Gasteiger partial charge >= 0.3 is 0 Å². The van der Waals surface area contributed by atoms with E-state index >= 15 is 0 Å². The number of carbonyl (C=O) groups excluding carboxylic acids is 1. The molecule has 0 amide bonds. The Morgan fingerprint density at radius 2 is 2.21 bits per heavy atom. The first-order valence-corrected chi connectivity index (χ1v) is 5.23. The van der Waals surface area contributed by atoms with E-state index in [0.717, 1.165) is 25.5 Å². The minimum Gasteiger partial charge on any atom is -0.303 e. The molecule has 0 heterocycles. The molecule has 1 atom stereocenters. The number of carbonyl (C=O) groups is 1. The van der Waals surface area contributed by atoms with Gasteiger partial charge in [-0.3, -0.25) is 0 Å². The van der Waals surface area contributed by atoms with Crippen LogP contribution in [-0.4, -0.2) is 6.29 Å². The smallest absolute Gasteiger partial charge is 0.127 e. The predicted molar refractivity (Wildman–Crippen MR) is 60.1 cm³/mol. The van der Waals surface area contributed by atoms with Crippen LogP contribution in [0.1, 0.15) is 40.0 Å². The van der Waals surface area contributed by atoms with Gasteiger partial charge in [0, 0.05) is 5.41 Å². The van der Waals surface area contributed by atoms with Gasteiger partial charge in [0.05, 0.1) is 0 Å². The molecule has 1 aliphatic rings. The Morgan fingerprint density at radius 3 is 2.57 bits per heavy atom. The van der Waals surface area contributed by atoms with Crippen LogP contribution in [0.5, 0.6) is 0 Å². The number of hydrogen-bond acceptors (Lipinski definition) is 1. The lowest BCUT2D eigenvalue weighted by Crippen LogP contribution is -2.39. The molecule has 1 nitrogen and oxygen atoms in total. The highest BCUT2D eigenvalue weighted by molar-refractivity contribution is 5.62. The van der Waals surface area contributed by atoms with Gasteiger partial charge in [-0.25, -0.2) is 0 Å². The minimum absolute atomic E-state index is 0.105. The lowest BCUT2D eigenvalue weighted by molar-refractivity contribution is -0.121. The molecule has 0 aromatic heterocycles. The van der Waals surface area contributed by atoms with Crippen molar-refractivity contribution in [3.05, 3.63) is 24.3 Å². The van der Waals surface area contributed by atoms with E-state index in [2.05, 4.69) is 33.4 Å². The zero-order valence-electron chi connectivity index (χ0n) is 9.47. The molecule has 0 saturated carbocycles. The number of allylic oxidation sites excluding steroid dienone is 3. The van der Waals surface area contributed by atoms with E-state index in [4.69, 9.17) is 0 Å². The van der Waals surface area contributed by atoms with Crippen LogP contribution < -0.4 is 0 Å². The van der Waals surface area contributed by atoms with Gasteiger partial charge in [0.2, 0.25) is 0 Å². The first kappa shape index (κ1) is 11.2. The van der Waals surface area contributed by atoms with Crippen molar-refractivity contribution >= 4 is 6.29 Å². The summed E-state index contributed by atoms with van der Waals surface area (Å²) >= 11 is 0. The third-order valence-electron chi connectivity index (χ3n) is 3.80. The molecule has 1 heteroatoms. The average molecular weight is 192 g/mol. The Kier molecular flexibility index (Phi) is 2.98. The molecule has 0 aromatic rings. The molecule has 0 N–H and O–H groups in total. The second-order valence-electron chi connectivity index (χ2n) is 4.95. The monoisotopic (exact) mass is 192 g/mol. The first-order chi connectivity index (χ1) is 6.47. The fourth-order valence-corrected chi connectivity index (χ4v) is 2.03. The fourth-order valence-electron chi connectivity index (χ4n) is 2.03. The molecular weight excluding hydrogens is 172 g/mol. The van der Waals surface area contributed by atoms with Crippen molar-refractivity contribution in [3.63, 3.8) is 0 Å². The third kappa shape index (κ3) is 1.68. The number of aldehydes is 1. The summed E-state index contributed by atoms with van der Waals surface area (Å²) in [6, 6.07) is 0. The van der Waals surface area contributed by atoms with E-state index < -0.39 is 0 Å². The largest absolute Gasteiger partial charge is 0.303 e. The van der Waals surface area contributed by atoms with Crippen molar-refractivity contribution in [2.24, 2.45) is 10.8 Å². The second-order valence-corrected chi connectivity index (χ2v) is 4.95. The first-order valence-electron chi connectivity index (χ1n) is 5.23. The molecule has 0 spiro atoms. The van der Waals surface area contributed by atoms with Crippen molar-refractivity contribution < 1.29 is 4.79 Å². The van der Waals surface area contributed by atoms with Crippen molar-refractivity contribution in [2.75, 3.05) is 0 Å². The fraction of sp³-hybridized carbons (Fsp3) is 0.615. The predicted octanol–water partition coefficient (Wildman–Crippen LogP) is 3.51. The summed E-state index contributed by atoms with van der Waals surface area (Å²) in [5, 5.41) is 0. The molecule has 0 bridgehead atoms. The van der Waals surface area contributed by atoms with Gasteiger partial charge in [-0.05, 0) is 31.6 Å². The highest BCUT2D eigenvalue weighted by Crippen LogP contribution is 2.48. The van der Waals surface area contributed by atoms with Crippen LogP contribution in [0.2, 0.25) is 0 Å². The topological polar surface area (TPSA) is 17.1 Å². The van der Waals surface area contributed by atoms with Gasteiger partial charge in [-0.2, -0.15) is 0 Å². The van der Waals surface area contributed by atoms with Gasteiger partial charge in [-0.15, -0.1) is 6.58 Å². The van der Waals surface area contributed by atoms with E-state index in [1.54, 1.807) is 0 Å². The molecule has 1 rings (SSSR count). The molecule has 1 aliphatic carbocycles. The molecule has 0 fully saturated rings. The van der Waals surface area contributed by atoms with E-state index in [1.165, 1.54) is 5.57 Å². The molecule has 0 saturated heterocycles. The highest BCUT2D eigenvalue weighted by Gasteiger charge is 2.43. The average Bonchev–Trinajstić information content (AvgIpc) is 2.19. The molecule has 78 valence electrons. The lowest BCUT2D eigenvalue weighted by Gasteiger charge is -2.42. The van der Waals surface area contributed by atoms with E-state index in [9.17, 15) is 4.79 Å². The quantitative estimate of drug-likeness (QED) is 0.494. The Hall–Kier alpha value is -0.850. The van der Waals surface area contributed by atoms with Gasteiger partial charge in [0.1, 0.15) is 6.29 Å². The van der Waals surface area contributed by atoms with Crippen LogP contribution in [0, 0.1) is 10.8 Å². The van der Waals surface area contributed by atoms with Crippen LogP contribution in [-0.2, 0) is 4.79 Å². The Morgan fingerprint density at radius 1 is 1.57 bits per heavy atom. The van der Waals surface area contributed by atoms with E-state index in [1.807, 2.05) is 6.08 Å². The summed E-state index contributed by atoms with van der Waals surface area (Å²) in [6.07, 6.45) is 8.10. The normalized spacial score (nSPS) is 28.1. The second kappa shape index (κ2) is 3.72. The van der Waals surface area contributed by atoms with Crippen LogP contribution in [0.25, 0.3) is 0 Å². The Balaban J connectivity index is 3.00. The number of rotatable bonds is 3. The maximum Gasteiger partial charge on any atom is 0.127 e. The zero-order chi connectivity index (χ0) is 10.8. The summed E-state index contributed by atoms with van der Waals surface area (Å²) < 4.78 is 0. The zero-order valence-corrected chi connectivity index (χ0v) is 9.47. The number of hydrogen-bond donors (Lipinski definition) is 0. The summed E-state index contributed by atoms with van der Waals surface area (Å²) in [7, 11) is 0. The molecule has 0 unspecified atom stereocenters. The SMILES string of the molecule is C=CC(C)(C)[C@]1(C=O)CC=C(C)CC1. The lowest BCUT2D eigenvalue weighted by atomic mass is 9.60. The van der Waals surface area contributed by atoms with Gasteiger partial charge in [-0.1, -0.05) is 31.6 Å². The van der Waals surface area contributed by atoms with Crippen molar-refractivity contribution in [1.82, 2.24) is 0 Å². The summed E-state index contributed by atoms with van der Waals surface area (Å²) in [5.74, 6) is 0. The third-order valence-corrected chi connectivity index (χ3v) is 3.80. The Labute approximate surface area is 86.9 Å². The summed E-state index contributed by atoms with van der Waals surface area (Å²) in [4.78, 5) is 11.3. The van der Waals surface area contributed by atoms with Gasteiger partial charge in [0.25, 0.3) is 0 Å². The molecule has 14 heavy (non-hydrogen) atoms. The van der Waals surface area contributed by atoms with Crippen LogP contribution >= 0.6 is 0 Å². The maximum absolute atomic E-state index is 11.3. The van der Waals surface area contributed by atoms with Crippen LogP contribution in [0.15, 0.2) is 24.3 Å². The summed E-state index contributed by atoms with van der Waals surface area (Å²) in [5.41, 5.74) is 1.07. The molecule has 0 radical (unpaired) electrons. The van der Waals surface area contributed by atoms with Gasteiger partial charge < -0.3 is 4.79 Å².